The molecule has 2 N–H and O–H groups in total. The Morgan fingerprint density at radius 3 is 2.42 bits per heavy atom. The summed E-state index contributed by atoms with van der Waals surface area (Å²) in [6, 6.07) is 13.3. The maximum Gasteiger partial charge on any atom is 0.276 e. The Kier molecular flexibility index (Phi) is 5.89. The van der Waals surface area contributed by atoms with Gasteiger partial charge in [-0.1, -0.05) is 25.1 Å². The zero-order valence-corrected chi connectivity index (χ0v) is 15.0. The van der Waals surface area contributed by atoms with E-state index in [0.29, 0.717) is 11.3 Å². The van der Waals surface area contributed by atoms with Crippen LogP contribution in [0.25, 0.3) is 0 Å². The fraction of sp³-hybridized carbons (Fsp3) is 0.333. The second-order valence-electron chi connectivity index (χ2n) is 6.48. The molecular formula is C21H24N2O3. The van der Waals surface area contributed by atoms with Gasteiger partial charge >= 0.3 is 0 Å². The van der Waals surface area contributed by atoms with E-state index in [0.717, 1.165) is 25.7 Å². The summed E-state index contributed by atoms with van der Waals surface area (Å²) in [5, 5.41) is 0. The predicted octanol–water partition coefficient (Wildman–Crippen LogP) is 2.97. The van der Waals surface area contributed by atoms with Crippen molar-refractivity contribution >= 4 is 11.8 Å². The Labute approximate surface area is 153 Å². The summed E-state index contributed by atoms with van der Waals surface area (Å²) in [6.07, 6.45) is 5.40. The average molecular weight is 352 g/mol. The zero-order valence-electron chi connectivity index (χ0n) is 15.0. The van der Waals surface area contributed by atoms with Gasteiger partial charge in [0, 0.05) is 5.56 Å². The van der Waals surface area contributed by atoms with Crippen LogP contribution < -0.4 is 15.6 Å². The van der Waals surface area contributed by atoms with Crippen LogP contribution in [0.3, 0.4) is 0 Å². The van der Waals surface area contributed by atoms with E-state index < -0.39 is 5.91 Å². The Bertz CT molecular complexity index is 784. The number of rotatable bonds is 5. The molecule has 5 nitrogen and oxygen atoms in total. The van der Waals surface area contributed by atoms with E-state index in [9.17, 15) is 9.59 Å². The van der Waals surface area contributed by atoms with Crippen LogP contribution in [0, 0.1) is 0 Å². The van der Waals surface area contributed by atoms with Crippen LogP contribution in [-0.2, 0) is 24.1 Å². The van der Waals surface area contributed by atoms with Crippen molar-refractivity contribution in [2.24, 2.45) is 0 Å². The Morgan fingerprint density at radius 2 is 1.69 bits per heavy atom. The second-order valence-corrected chi connectivity index (χ2v) is 6.48. The summed E-state index contributed by atoms with van der Waals surface area (Å²) in [4.78, 5) is 24.1. The lowest BCUT2D eigenvalue weighted by molar-refractivity contribution is -0.123. The fourth-order valence-corrected chi connectivity index (χ4v) is 3.08. The Hall–Kier alpha value is -2.82. The molecule has 0 aliphatic heterocycles. The van der Waals surface area contributed by atoms with E-state index in [1.54, 1.807) is 6.07 Å². The van der Waals surface area contributed by atoms with Gasteiger partial charge in [-0.3, -0.25) is 20.4 Å². The smallest absolute Gasteiger partial charge is 0.276 e. The number of carbonyl (C=O) groups is 2. The first-order valence-electron chi connectivity index (χ1n) is 9.08. The molecule has 2 aromatic carbocycles. The molecule has 0 unspecified atom stereocenters. The van der Waals surface area contributed by atoms with Crippen LogP contribution in [0.2, 0.25) is 0 Å². The summed E-state index contributed by atoms with van der Waals surface area (Å²) in [5.74, 6) is -0.103. The van der Waals surface area contributed by atoms with Crippen molar-refractivity contribution < 1.29 is 14.3 Å². The molecule has 3 rings (SSSR count). The van der Waals surface area contributed by atoms with Gasteiger partial charge in [0.1, 0.15) is 5.75 Å². The highest BCUT2D eigenvalue weighted by Crippen LogP contribution is 2.22. The standard InChI is InChI=1S/C21H24N2O3/c1-2-15-7-11-19(12-8-15)26-14-20(24)22-23-21(25)18-10-9-16-5-3-4-6-17(16)13-18/h7-13H,2-6,14H2,1H3,(H,22,24)(H,23,25). The quantitative estimate of drug-likeness (QED) is 0.813. The number of amides is 2. The lowest BCUT2D eigenvalue weighted by Gasteiger charge is -2.16. The molecule has 2 amide bonds. The Balaban J connectivity index is 1.47. The highest BCUT2D eigenvalue weighted by Gasteiger charge is 2.13. The molecule has 1 aliphatic carbocycles. The summed E-state index contributed by atoms with van der Waals surface area (Å²) < 4.78 is 5.42. The van der Waals surface area contributed by atoms with Gasteiger partial charge in [0.15, 0.2) is 6.61 Å². The zero-order chi connectivity index (χ0) is 18.4. The maximum absolute atomic E-state index is 12.2. The van der Waals surface area contributed by atoms with Gasteiger partial charge in [0.25, 0.3) is 11.8 Å². The number of ether oxygens (including phenoxy) is 1. The summed E-state index contributed by atoms with van der Waals surface area (Å²) in [5.41, 5.74) is 9.15. The molecule has 0 radical (unpaired) electrons. The summed E-state index contributed by atoms with van der Waals surface area (Å²) in [6.45, 7) is 1.92. The monoisotopic (exact) mass is 352 g/mol. The predicted molar refractivity (Wildman–Crippen MR) is 100 cm³/mol. The Morgan fingerprint density at radius 1 is 0.962 bits per heavy atom. The molecule has 0 atom stereocenters. The molecule has 0 saturated heterocycles. The number of hydrazine groups is 1. The molecule has 0 bridgehead atoms. The van der Waals surface area contributed by atoms with Crippen LogP contribution in [0.15, 0.2) is 42.5 Å². The molecule has 2 aromatic rings. The normalized spacial score (nSPS) is 12.8. The molecular weight excluding hydrogens is 328 g/mol. The minimum absolute atomic E-state index is 0.157. The molecule has 0 aromatic heterocycles. The average Bonchev–Trinajstić information content (AvgIpc) is 2.70. The first-order chi connectivity index (χ1) is 12.7. The molecule has 0 saturated carbocycles. The third-order valence-electron chi connectivity index (χ3n) is 4.63. The van der Waals surface area contributed by atoms with Crippen molar-refractivity contribution in [3.8, 4) is 5.75 Å². The molecule has 5 heteroatoms. The van der Waals surface area contributed by atoms with Crippen LogP contribution >= 0.6 is 0 Å². The number of fused-ring (bicyclic) bond motifs is 1. The third kappa shape index (κ3) is 4.63. The van der Waals surface area contributed by atoms with Crippen molar-refractivity contribution in [3.63, 3.8) is 0 Å². The first kappa shape index (κ1) is 18.0. The van der Waals surface area contributed by atoms with Crippen molar-refractivity contribution in [2.75, 3.05) is 6.61 Å². The molecule has 0 heterocycles. The van der Waals surface area contributed by atoms with Crippen molar-refractivity contribution in [3.05, 3.63) is 64.7 Å². The van der Waals surface area contributed by atoms with Crippen LogP contribution in [-0.4, -0.2) is 18.4 Å². The van der Waals surface area contributed by atoms with Gasteiger partial charge in [-0.15, -0.1) is 0 Å². The third-order valence-corrected chi connectivity index (χ3v) is 4.63. The lowest BCUT2D eigenvalue weighted by Crippen LogP contribution is -2.43. The van der Waals surface area contributed by atoms with E-state index >= 15 is 0 Å². The van der Waals surface area contributed by atoms with E-state index in [4.69, 9.17) is 4.74 Å². The lowest BCUT2D eigenvalue weighted by atomic mass is 9.90. The summed E-state index contributed by atoms with van der Waals surface area (Å²) in [7, 11) is 0. The molecule has 0 spiro atoms. The van der Waals surface area contributed by atoms with Crippen molar-refractivity contribution in [1.29, 1.82) is 0 Å². The van der Waals surface area contributed by atoms with E-state index in [2.05, 4.69) is 17.8 Å². The molecule has 136 valence electrons. The second kappa shape index (κ2) is 8.52. The van der Waals surface area contributed by atoms with Gasteiger partial charge in [-0.2, -0.15) is 0 Å². The maximum atomic E-state index is 12.2. The number of aryl methyl sites for hydroxylation is 3. The largest absolute Gasteiger partial charge is 0.484 e. The van der Waals surface area contributed by atoms with Crippen LogP contribution in [0.5, 0.6) is 5.75 Å². The van der Waals surface area contributed by atoms with Crippen molar-refractivity contribution in [1.82, 2.24) is 10.9 Å². The van der Waals surface area contributed by atoms with Crippen LogP contribution in [0.4, 0.5) is 0 Å². The molecule has 26 heavy (non-hydrogen) atoms. The highest BCUT2D eigenvalue weighted by molar-refractivity contribution is 5.95. The van der Waals surface area contributed by atoms with Gasteiger partial charge in [0.2, 0.25) is 0 Å². The molecule has 0 fully saturated rings. The number of hydrogen-bond donors (Lipinski definition) is 2. The van der Waals surface area contributed by atoms with Gasteiger partial charge in [-0.25, -0.2) is 0 Å². The number of benzene rings is 2. The number of nitrogens with one attached hydrogen (secondary N) is 2. The van der Waals surface area contributed by atoms with Gasteiger partial charge < -0.3 is 4.74 Å². The van der Waals surface area contributed by atoms with Crippen LogP contribution in [0.1, 0.15) is 46.8 Å². The topological polar surface area (TPSA) is 67.4 Å². The van der Waals surface area contributed by atoms with Crippen molar-refractivity contribution in [2.45, 2.75) is 39.0 Å². The van der Waals surface area contributed by atoms with E-state index in [1.165, 1.54) is 23.1 Å². The number of carbonyl (C=O) groups excluding carboxylic acids is 2. The number of hydrogen-bond acceptors (Lipinski definition) is 3. The minimum Gasteiger partial charge on any atom is -0.484 e. The summed E-state index contributed by atoms with van der Waals surface area (Å²) >= 11 is 0. The van der Waals surface area contributed by atoms with E-state index in [-0.39, 0.29) is 12.5 Å². The minimum atomic E-state index is -0.407. The first-order valence-corrected chi connectivity index (χ1v) is 9.08. The fourth-order valence-electron chi connectivity index (χ4n) is 3.08. The SMILES string of the molecule is CCc1ccc(OCC(=O)NNC(=O)c2ccc3c(c2)CCCC3)cc1. The molecule has 1 aliphatic rings. The van der Waals surface area contributed by atoms with Gasteiger partial charge in [0.05, 0.1) is 0 Å². The van der Waals surface area contributed by atoms with Gasteiger partial charge in [-0.05, 0) is 73.1 Å². The van der Waals surface area contributed by atoms with E-state index in [1.807, 2.05) is 36.4 Å². The highest BCUT2D eigenvalue weighted by atomic mass is 16.5.